The highest BCUT2D eigenvalue weighted by atomic mass is 16.5. The molecular weight excluding hydrogens is 588 g/mol. The standard InChI is InChI=1S/C38H60N6O3/c1-11-35(7)23-31(25(5)37(9,13-3)43-35)41-33(45)39-27-15-19-29(20-16-27)47-30-21-17-28(18-22-30)40-34(46)42-32-24-36(8,12-2)44-38(10,14-4)26(32)6/h15-22,25-26,31-32,43-44H,11-14,23-24H2,1-10H3,(H2,39,41,45)(H2,40,42,46). The van der Waals surface area contributed by atoms with Crippen molar-refractivity contribution in [3.63, 3.8) is 0 Å². The highest BCUT2D eigenvalue weighted by molar-refractivity contribution is 5.90. The van der Waals surface area contributed by atoms with Gasteiger partial charge >= 0.3 is 12.1 Å². The highest BCUT2D eigenvalue weighted by Crippen LogP contribution is 2.38. The second kappa shape index (κ2) is 14.4. The van der Waals surface area contributed by atoms with Gasteiger partial charge in [0.05, 0.1) is 0 Å². The molecule has 2 fully saturated rings. The van der Waals surface area contributed by atoms with Crippen LogP contribution in [-0.2, 0) is 0 Å². The highest BCUT2D eigenvalue weighted by Gasteiger charge is 2.47. The van der Waals surface area contributed by atoms with E-state index in [4.69, 9.17) is 4.74 Å². The summed E-state index contributed by atoms with van der Waals surface area (Å²) >= 11 is 0. The van der Waals surface area contributed by atoms with Crippen molar-refractivity contribution in [1.29, 1.82) is 0 Å². The van der Waals surface area contributed by atoms with Gasteiger partial charge in [-0.3, -0.25) is 0 Å². The Morgan fingerprint density at radius 3 is 1.28 bits per heavy atom. The predicted octanol–water partition coefficient (Wildman–Crippen LogP) is 8.39. The van der Waals surface area contributed by atoms with Crippen molar-refractivity contribution in [3.05, 3.63) is 48.5 Å². The molecule has 6 N–H and O–H groups in total. The van der Waals surface area contributed by atoms with Crippen LogP contribution < -0.4 is 36.6 Å². The fraction of sp³-hybridized carbons (Fsp3) is 0.632. The van der Waals surface area contributed by atoms with Crippen molar-refractivity contribution in [3.8, 4) is 11.5 Å². The smallest absolute Gasteiger partial charge is 0.319 e. The van der Waals surface area contributed by atoms with Gasteiger partial charge in [-0.25, -0.2) is 9.59 Å². The Balaban J connectivity index is 1.29. The van der Waals surface area contributed by atoms with Gasteiger partial charge in [-0.05, 0) is 127 Å². The van der Waals surface area contributed by atoms with E-state index in [1.165, 1.54) is 0 Å². The number of carbonyl (C=O) groups is 2. The number of ether oxygens (including phenoxy) is 1. The zero-order chi connectivity index (χ0) is 34.6. The Morgan fingerprint density at radius 2 is 0.979 bits per heavy atom. The summed E-state index contributed by atoms with van der Waals surface area (Å²) in [6, 6.07) is 14.4. The molecular formula is C38H60N6O3. The molecule has 8 atom stereocenters. The maximum absolute atomic E-state index is 13.0. The van der Waals surface area contributed by atoms with Crippen molar-refractivity contribution >= 4 is 23.4 Å². The van der Waals surface area contributed by atoms with Crippen molar-refractivity contribution in [2.75, 3.05) is 10.6 Å². The lowest BCUT2D eigenvalue weighted by molar-refractivity contribution is 0.0628. The lowest BCUT2D eigenvalue weighted by atomic mass is 9.69. The summed E-state index contributed by atoms with van der Waals surface area (Å²) in [7, 11) is 0. The first-order valence-corrected chi connectivity index (χ1v) is 17.7. The minimum Gasteiger partial charge on any atom is -0.457 e. The summed E-state index contributed by atoms with van der Waals surface area (Å²) in [5.41, 5.74) is 1.27. The Kier molecular flexibility index (Phi) is 11.2. The maximum Gasteiger partial charge on any atom is 0.319 e. The number of hydrogen-bond acceptors (Lipinski definition) is 5. The van der Waals surface area contributed by atoms with Gasteiger partial charge in [0.2, 0.25) is 0 Å². The number of urea groups is 2. The van der Waals surface area contributed by atoms with Crippen LogP contribution in [0.25, 0.3) is 0 Å². The SMILES string of the molecule is CCC1(C)CC(NC(=O)Nc2ccc(Oc3ccc(NC(=O)NC4CC(C)(CC)NC(C)(CC)C4C)cc3)cc2)C(C)C(C)(CC)N1. The zero-order valence-electron chi connectivity index (χ0n) is 30.4. The van der Waals surface area contributed by atoms with Crippen LogP contribution in [0.5, 0.6) is 11.5 Å². The molecule has 0 aromatic heterocycles. The average molecular weight is 649 g/mol. The molecule has 9 nitrogen and oxygen atoms in total. The quantitative estimate of drug-likeness (QED) is 0.155. The fourth-order valence-corrected chi connectivity index (χ4v) is 7.58. The Hall–Kier alpha value is -3.30. The van der Waals surface area contributed by atoms with Crippen molar-refractivity contribution in [2.45, 2.75) is 142 Å². The molecule has 2 aliphatic rings. The van der Waals surface area contributed by atoms with Crippen LogP contribution in [0.3, 0.4) is 0 Å². The summed E-state index contributed by atoms with van der Waals surface area (Å²) in [5.74, 6) is 1.88. The first kappa shape index (κ1) is 36.5. The molecule has 2 aliphatic heterocycles. The largest absolute Gasteiger partial charge is 0.457 e. The van der Waals surface area contributed by atoms with Gasteiger partial charge in [0.15, 0.2) is 0 Å². The van der Waals surface area contributed by atoms with E-state index in [0.29, 0.717) is 22.9 Å². The van der Waals surface area contributed by atoms with Crippen molar-refractivity contribution in [2.24, 2.45) is 11.8 Å². The fourth-order valence-electron chi connectivity index (χ4n) is 7.58. The van der Waals surface area contributed by atoms with Crippen LogP contribution >= 0.6 is 0 Å². The third-order valence-electron chi connectivity index (χ3n) is 11.9. The van der Waals surface area contributed by atoms with Crippen LogP contribution in [0.4, 0.5) is 21.0 Å². The number of hydrogen-bond donors (Lipinski definition) is 6. The van der Waals surface area contributed by atoms with Crippen LogP contribution in [0.1, 0.15) is 108 Å². The van der Waals surface area contributed by atoms with E-state index in [-0.39, 0.29) is 58.1 Å². The van der Waals surface area contributed by atoms with Gasteiger partial charge < -0.3 is 36.6 Å². The summed E-state index contributed by atoms with van der Waals surface area (Å²) in [6.07, 6.45) is 5.76. The van der Waals surface area contributed by atoms with Gasteiger partial charge in [-0.15, -0.1) is 0 Å². The second-order valence-corrected chi connectivity index (χ2v) is 15.2. The molecule has 4 amide bonds. The summed E-state index contributed by atoms with van der Waals surface area (Å²) < 4.78 is 6.04. The van der Waals surface area contributed by atoms with E-state index < -0.39 is 0 Å². The summed E-state index contributed by atoms with van der Waals surface area (Å²) in [6.45, 7) is 22.3. The van der Waals surface area contributed by atoms with E-state index in [0.717, 1.165) is 38.5 Å². The maximum atomic E-state index is 13.0. The average Bonchev–Trinajstić information content (AvgIpc) is 3.04. The number of rotatable bonds is 10. The molecule has 0 radical (unpaired) electrons. The first-order valence-electron chi connectivity index (χ1n) is 17.7. The molecule has 9 heteroatoms. The van der Waals surface area contributed by atoms with Crippen molar-refractivity contribution in [1.82, 2.24) is 21.3 Å². The molecule has 0 spiro atoms. The van der Waals surface area contributed by atoms with Gasteiger partial charge in [-0.1, -0.05) is 41.5 Å². The second-order valence-electron chi connectivity index (χ2n) is 15.2. The van der Waals surface area contributed by atoms with Crippen LogP contribution in [0.2, 0.25) is 0 Å². The molecule has 260 valence electrons. The van der Waals surface area contributed by atoms with E-state index >= 15 is 0 Å². The molecule has 2 aromatic rings. The van der Waals surface area contributed by atoms with E-state index in [9.17, 15) is 9.59 Å². The number of piperidine rings is 2. The monoisotopic (exact) mass is 648 g/mol. The summed E-state index contributed by atoms with van der Waals surface area (Å²) in [5, 5.41) is 20.2. The first-order chi connectivity index (χ1) is 22.1. The normalized spacial score (nSPS) is 33.8. The predicted molar refractivity (Wildman–Crippen MR) is 193 cm³/mol. The molecule has 0 bridgehead atoms. The summed E-state index contributed by atoms with van der Waals surface area (Å²) in [4.78, 5) is 26.0. The van der Waals surface area contributed by atoms with Crippen LogP contribution in [0.15, 0.2) is 48.5 Å². The molecule has 0 saturated carbocycles. The molecule has 47 heavy (non-hydrogen) atoms. The minimum absolute atomic E-state index is 0.0193. The topological polar surface area (TPSA) is 116 Å². The van der Waals surface area contributed by atoms with Gasteiger partial charge in [0.1, 0.15) is 11.5 Å². The van der Waals surface area contributed by atoms with Gasteiger partial charge in [0.25, 0.3) is 0 Å². The number of benzene rings is 2. The zero-order valence-corrected chi connectivity index (χ0v) is 30.4. The lowest BCUT2D eigenvalue weighted by Crippen LogP contribution is -2.68. The van der Waals surface area contributed by atoms with E-state index in [1.807, 2.05) is 48.5 Å². The molecule has 0 aliphatic carbocycles. The van der Waals surface area contributed by atoms with Gasteiger partial charge in [-0.2, -0.15) is 0 Å². The van der Waals surface area contributed by atoms with Crippen LogP contribution in [0, 0.1) is 11.8 Å². The van der Waals surface area contributed by atoms with E-state index in [1.54, 1.807) is 0 Å². The van der Waals surface area contributed by atoms with Crippen molar-refractivity contribution < 1.29 is 14.3 Å². The van der Waals surface area contributed by atoms with Gasteiger partial charge in [0, 0.05) is 45.6 Å². The molecule has 8 unspecified atom stereocenters. The number of amides is 4. The lowest BCUT2D eigenvalue weighted by Gasteiger charge is -2.53. The molecule has 4 rings (SSSR count). The molecule has 2 saturated heterocycles. The minimum atomic E-state index is -0.199. The third kappa shape index (κ3) is 8.60. The van der Waals surface area contributed by atoms with Crippen LogP contribution in [-0.4, -0.2) is 46.3 Å². The molecule has 2 heterocycles. The molecule has 2 aromatic carbocycles. The number of carbonyl (C=O) groups excluding carboxylic acids is 2. The Labute approximate surface area is 283 Å². The van der Waals surface area contributed by atoms with E-state index in [2.05, 4.69) is 101 Å². The number of nitrogens with one attached hydrogen (secondary N) is 6. The Morgan fingerprint density at radius 1 is 0.638 bits per heavy atom. The Bertz CT molecular complexity index is 1260. The third-order valence-corrected chi connectivity index (χ3v) is 11.9. The number of anilines is 2.